The van der Waals surface area contributed by atoms with Crippen LogP contribution in [0.25, 0.3) is 0 Å². The number of carbonyl (C=O) groups excluding carboxylic acids is 1. The zero-order chi connectivity index (χ0) is 14.5. The lowest BCUT2D eigenvalue weighted by molar-refractivity contribution is -0.0246. The summed E-state index contributed by atoms with van der Waals surface area (Å²) in [6.07, 6.45) is -0.00696. The van der Waals surface area contributed by atoms with Crippen molar-refractivity contribution in [1.82, 2.24) is 15.2 Å². The van der Waals surface area contributed by atoms with E-state index in [1.807, 2.05) is 0 Å². The van der Waals surface area contributed by atoms with Crippen molar-refractivity contribution in [3.8, 4) is 0 Å². The van der Waals surface area contributed by atoms with Crippen LogP contribution >= 0.6 is 11.6 Å². The van der Waals surface area contributed by atoms with Gasteiger partial charge in [-0.05, 0) is 18.7 Å². The van der Waals surface area contributed by atoms with E-state index in [2.05, 4.69) is 22.1 Å². The van der Waals surface area contributed by atoms with Gasteiger partial charge in [-0.2, -0.15) is 0 Å². The maximum atomic E-state index is 12.0. The Morgan fingerprint density at radius 3 is 3.20 bits per heavy atom. The minimum atomic E-state index is -0.334. The average molecular weight is 299 g/mol. The molecule has 1 saturated heterocycles. The van der Waals surface area contributed by atoms with Crippen molar-refractivity contribution in [1.29, 1.82) is 0 Å². The molecule has 3 N–H and O–H groups in total. The smallest absolute Gasteiger partial charge is 0.271 e. The summed E-state index contributed by atoms with van der Waals surface area (Å²) in [5, 5.41) is 3.08. The molecule has 2 heterocycles. The second-order valence-corrected chi connectivity index (χ2v) is 5.07. The van der Waals surface area contributed by atoms with Crippen molar-refractivity contribution in [2.24, 2.45) is 0 Å². The van der Waals surface area contributed by atoms with Crippen LogP contribution in [0.4, 0.5) is 5.82 Å². The molecule has 0 saturated carbocycles. The molecular weight excluding hydrogens is 280 g/mol. The van der Waals surface area contributed by atoms with Gasteiger partial charge in [0.1, 0.15) is 11.5 Å². The number of nitrogens with zero attached hydrogens (tertiary/aromatic N) is 2. The first kappa shape index (κ1) is 15.0. The van der Waals surface area contributed by atoms with E-state index in [-0.39, 0.29) is 28.5 Å². The Morgan fingerprint density at radius 2 is 2.45 bits per heavy atom. The standard InChI is InChI=1S/C13H19ClN4O2/c1-2-18-5-6-20-9(8-18)7-16-13(19)12-10(14)3-4-11(15)17-12/h3-4,9H,2,5-8H2,1H3,(H2,15,17)(H,16,19). The van der Waals surface area contributed by atoms with E-state index < -0.39 is 0 Å². The largest absolute Gasteiger partial charge is 0.384 e. The normalized spacial score (nSPS) is 19.8. The molecule has 20 heavy (non-hydrogen) atoms. The van der Waals surface area contributed by atoms with Crippen LogP contribution in [0.3, 0.4) is 0 Å². The summed E-state index contributed by atoms with van der Waals surface area (Å²) in [7, 11) is 0. The van der Waals surface area contributed by atoms with Crippen LogP contribution in [-0.2, 0) is 4.74 Å². The van der Waals surface area contributed by atoms with Gasteiger partial charge in [0, 0.05) is 19.6 Å². The number of amides is 1. The highest BCUT2D eigenvalue weighted by molar-refractivity contribution is 6.33. The molecule has 6 nitrogen and oxygen atoms in total. The fourth-order valence-electron chi connectivity index (χ4n) is 2.10. The molecule has 1 aliphatic rings. The van der Waals surface area contributed by atoms with Gasteiger partial charge in [0.05, 0.1) is 17.7 Å². The van der Waals surface area contributed by atoms with E-state index >= 15 is 0 Å². The first-order chi connectivity index (χ1) is 9.60. The summed E-state index contributed by atoms with van der Waals surface area (Å²) in [6, 6.07) is 3.12. The first-order valence-corrected chi connectivity index (χ1v) is 7.02. The molecule has 0 spiro atoms. The number of halogens is 1. The molecular formula is C13H19ClN4O2. The summed E-state index contributed by atoms with van der Waals surface area (Å²) < 4.78 is 5.62. The predicted octanol–water partition coefficient (Wildman–Crippen LogP) is 0.768. The Kier molecular flexibility index (Phi) is 5.17. The van der Waals surface area contributed by atoms with E-state index in [9.17, 15) is 4.79 Å². The number of nitrogens with two attached hydrogens (primary N) is 1. The fourth-order valence-corrected chi connectivity index (χ4v) is 2.29. The SMILES string of the molecule is CCN1CCOC(CNC(=O)c2nc(N)ccc2Cl)C1. The monoisotopic (exact) mass is 298 g/mol. The maximum Gasteiger partial charge on any atom is 0.271 e. The third-order valence-corrected chi connectivity index (χ3v) is 3.55. The van der Waals surface area contributed by atoms with Gasteiger partial charge in [-0.1, -0.05) is 18.5 Å². The van der Waals surface area contributed by atoms with Gasteiger partial charge in [-0.3, -0.25) is 9.69 Å². The van der Waals surface area contributed by atoms with Gasteiger partial charge in [0.25, 0.3) is 5.91 Å². The van der Waals surface area contributed by atoms with Crippen LogP contribution in [0.1, 0.15) is 17.4 Å². The number of pyridine rings is 1. The quantitative estimate of drug-likeness (QED) is 0.858. The Balaban J connectivity index is 1.90. The number of hydrogen-bond donors (Lipinski definition) is 2. The van der Waals surface area contributed by atoms with Gasteiger partial charge in [-0.25, -0.2) is 4.98 Å². The van der Waals surface area contributed by atoms with Crippen LogP contribution < -0.4 is 11.1 Å². The lowest BCUT2D eigenvalue weighted by Gasteiger charge is -2.32. The van der Waals surface area contributed by atoms with Gasteiger partial charge in [-0.15, -0.1) is 0 Å². The average Bonchev–Trinajstić information content (AvgIpc) is 2.47. The van der Waals surface area contributed by atoms with Crippen LogP contribution in [0.15, 0.2) is 12.1 Å². The van der Waals surface area contributed by atoms with E-state index in [4.69, 9.17) is 22.1 Å². The Labute approximate surface area is 123 Å². The maximum absolute atomic E-state index is 12.0. The number of hydrogen-bond acceptors (Lipinski definition) is 5. The zero-order valence-electron chi connectivity index (χ0n) is 11.4. The number of aromatic nitrogens is 1. The van der Waals surface area contributed by atoms with Crippen molar-refractivity contribution in [2.75, 3.05) is 38.5 Å². The van der Waals surface area contributed by atoms with Crippen molar-refractivity contribution in [3.63, 3.8) is 0 Å². The van der Waals surface area contributed by atoms with Gasteiger partial charge >= 0.3 is 0 Å². The van der Waals surface area contributed by atoms with E-state index in [1.165, 1.54) is 0 Å². The Hall–Kier alpha value is -1.37. The van der Waals surface area contributed by atoms with Crippen molar-refractivity contribution >= 4 is 23.3 Å². The highest BCUT2D eigenvalue weighted by atomic mass is 35.5. The molecule has 1 aliphatic heterocycles. The first-order valence-electron chi connectivity index (χ1n) is 6.64. The third-order valence-electron chi connectivity index (χ3n) is 3.24. The molecule has 110 valence electrons. The summed E-state index contributed by atoms with van der Waals surface area (Å²) in [4.78, 5) is 18.3. The Bertz CT molecular complexity index is 483. The predicted molar refractivity (Wildman–Crippen MR) is 77.8 cm³/mol. The van der Waals surface area contributed by atoms with Gasteiger partial charge in [0.15, 0.2) is 0 Å². The third kappa shape index (κ3) is 3.82. The van der Waals surface area contributed by atoms with Crippen LogP contribution in [0.5, 0.6) is 0 Å². The van der Waals surface area contributed by atoms with E-state index in [0.29, 0.717) is 13.2 Å². The van der Waals surface area contributed by atoms with Crippen molar-refractivity contribution < 1.29 is 9.53 Å². The fraction of sp³-hybridized carbons (Fsp3) is 0.538. The number of morpholine rings is 1. The highest BCUT2D eigenvalue weighted by Crippen LogP contribution is 2.15. The number of rotatable bonds is 4. The molecule has 0 radical (unpaired) electrons. The zero-order valence-corrected chi connectivity index (χ0v) is 12.2. The van der Waals surface area contributed by atoms with Gasteiger partial charge in [0.2, 0.25) is 0 Å². The van der Waals surface area contributed by atoms with Crippen LogP contribution in [0.2, 0.25) is 5.02 Å². The number of anilines is 1. The number of carbonyl (C=O) groups is 1. The molecule has 7 heteroatoms. The minimum Gasteiger partial charge on any atom is -0.384 e. The molecule has 1 amide bonds. The number of ether oxygens (including phenoxy) is 1. The second-order valence-electron chi connectivity index (χ2n) is 4.66. The molecule has 0 aromatic carbocycles. The molecule has 2 rings (SSSR count). The Morgan fingerprint density at radius 1 is 1.65 bits per heavy atom. The molecule has 1 atom stereocenters. The summed E-state index contributed by atoms with van der Waals surface area (Å²) in [5.74, 6) is -0.0647. The molecule has 0 aliphatic carbocycles. The highest BCUT2D eigenvalue weighted by Gasteiger charge is 2.21. The number of likely N-dealkylation sites (N-methyl/N-ethyl adjacent to an activating group) is 1. The number of nitrogens with one attached hydrogen (secondary N) is 1. The van der Waals surface area contributed by atoms with Crippen LogP contribution in [0, 0.1) is 0 Å². The molecule has 0 bridgehead atoms. The number of nitrogen functional groups attached to an aromatic ring is 1. The van der Waals surface area contributed by atoms with Crippen molar-refractivity contribution in [2.45, 2.75) is 13.0 Å². The van der Waals surface area contributed by atoms with E-state index in [1.54, 1.807) is 12.1 Å². The topological polar surface area (TPSA) is 80.5 Å². The second kappa shape index (κ2) is 6.88. The lowest BCUT2D eigenvalue weighted by atomic mass is 10.2. The van der Waals surface area contributed by atoms with E-state index in [0.717, 1.165) is 19.6 Å². The summed E-state index contributed by atoms with van der Waals surface area (Å²) in [6.45, 7) is 5.96. The molecule has 1 unspecified atom stereocenters. The minimum absolute atomic E-state index is 0.00696. The molecule has 1 fully saturated rings. The lowest BCUT2D eigenvalue weighted by Crippen LogP contribution is -2.47. The van der Waals surface area contributed by atoms with Gasteiger partial charge < -0.3 is 15.8 Å². The summed E-state index contributed by atoms with van der Waals surface area (Å²) in [5.41, 5.74) is 5.71. The molecule has 1 aromatic rings. The summed E-state index contributed by atoms with van der Waals surface area (Å²) >= 11 is 5.94. The van der Waals surface area contributed by atoms with Crippen molar-refractivity contribution in [3.05, 3.63) is 22.8 Å². The molecule has 1 aromatic heterocycles. The van der Waals surface area contributed by atoms with Crippen LogP contribution in [-0.4, -0.2) is 54.7 Å².